The number of anilines is 2. The first-order chi connectivity index (χ1) is 24.4. The number of para-hydroxylation sites is 1. The van der Waals surface area contributed by atoms with Crippen LogP contribution in [0.4, 0.5) is 24.5 Å². The minimum Gasteiger partial charge on any atom is -0.460 e. The lowest BCUT2D eigenvalue weighted by Crippen LogP contribution is -2.33. The van der Waals surface area contributed by atoms with Gasteiger partial charge in [0.15, 0.2) is 0 Å². The Kier molecular flexibility index (Phi) is 21.6. The Balaban J connectivity index is 1.04. The van der Waals surface area contributed by atoms with Crippen molar-refractivity contribution in [2.45, 2.75) is 25.1 Å². The molecule has 0 bridgehead atoms. The molecule has 1 aliphatic rings. The van der Waals surface area contributed by atoms with Gasteiger partial charge in [0.1, 0.15) is 6.61 Å². The minimum atomic E-state index is -4.47. The molecule has 2 aromatic rings. The Bertz CT molecular complexity index is 1170. The Morgan fingerprint density at radius 1 is 0.640 bits per heavy atom. The van der Waals surface area contributed by atoms with Gasteiger partial charge in [-0.15, -0.1) is 0 Å². The third kappa shape index (κ3) is 18.9. The van der Waals surface area contributed by atoms with E-state index in [1.807, 2.05) is 0 Å². The van der Waals surface area contributed by atoms with Crippen molar-refractivity contribution in [1.82, 2.24) is 5.32 Å². The van der Waals surface area contributed by atoms with E-state index in [9.17, 15) is 18.0 Å². The third-order valence-corrected chi connectivity index (χ3v) is 7.18. The maximum absolute atomic E-state index is 13.0. The van der Waals surface area contributed by atoms with E-state index in [0.717, 1.165) is 38.1 Å². The van der Waals surface area contributed by atoms with E-state index in [4.69, 9.17) is 42.6 Å². The average molecular weight is 717 g/mol. The Morgan fingerprint density at radius 3 is 1.64 bits per heavy atom. The van der Waals surface area contributed by atoms with Crippen molar-refractivity contribution < 1.29 is 60.6 Å². The fourth-order valence-corrected chi connectivity index (χ4v) is 4.63. The summed E-state index contributed by atoms with van der Waals surface area (Å²) >= 11 is 0. The Labute approximate surface area is 292 Å². The molecule has 0 unspecified atom stereocenters. The molecule has 1 saturated heterocycles. The molecule has 282 valence electrons. The number of alkyl halides is 3. The van der Waals surface area contributed by atoms with Gasteiger partial charge >= 0.3 is 12.1 Å². The number of hydrogen-bond donors (Lipinski definition) is 2. The van der Waals surface area contributed by atoms with Gasteiger partial charge in [0.2, 0.25) is 0 Å². The molecule has 50 heavy (non-hydrogen) atoms. The van der Waals surface area contributed by atoms with Gasteiger partial charge in [0, 0.05) is 5.69 Å². The van der Waals surface area contributed by atoms with E-state index < -0.39 is 17.7 Å². The Hall–Kier alpha value is -2.86. The van der Waals surface area contributed by atoms with Gasteiger partial charge in [0.05, 0.1) is 122 Å². The quantitative estimate of drug-likeness (QED) is 0.0953. The summed E-state index contributed by atoms with van der Waals surface area (Å²) in [6.07, 6.45) is -2.00. The highest BCUT2D eigenvalue weighted by molar-refractivity contribution is 5.96. The number of benzene rings is 2. The van der Waals surface area contributed by atoms with E-state index in [0.29, 0.717) is 104 Å². The maximum Gasteiger partial charge on any atom is 0.416 e. The first-order valence-electron chi connectivity index (χ1n) is 17.0. The Morgan fingerprint density at radius 2 is 1.12 bits per heavy atom. The van der Waals surface area contributed by atoms with E-state index >= 15 is 0 Å². The molecule has 1 heterocycles. The molecule has 12 nitrogen and oxygen atoms in total. The fourth-order valence-electron chi connectivity index (χ4n) is 4.63. The number of esters is 1. The first-order valence-corrected chi connectivity index (χ1v) is 17.0. The van der Waals surface area contributed by atoms with Crippen LogP contribution in [0.5, 0.6) is 0 Å². The lowest BCUT2D eigenvalue weighted by Gasteiger charge is -2.22. The second-order valence-corrected chi connectivity index (χ2v) is 11.0. The van der Waals surface area contributed by atoms with Crippen LogP contribution in [0.2, 0.25) is 0 Å². The number of ether oxygens (including phenoxy) is 9. The lowest BCUT2D eigenvalue weighted by atomic mass is 10.1. The lowest BCUT2D eigenvalue weighted by molar-refractivity contribution is -0.137. The molecule has 1 fully saturated rings. The monoisotopic (exact) mass is 716 g/mol. The van der Waals surface area contributed by atoms with Crippen LogP contribution in [0.1, 0.15) is 28.8 Å². The summed E-state index contributed by atoms with van der Waals surface area (Å²) in [5.74, 6) is -0.624. The highest BCUT2D eigenvalue weighted by Crippen LogP contribution is 2.32. The van der Waals surface area contributed by atoms with Crippen LogP contribution >= 0.6 is 0 Å². The van der Waals surface area contributed by atoms with E-state index in [1.165, 1.54) is 18.2 Å². The van der Waals surface area contributed by atoms with Gasteiger partial charge in [-0.05, 0) is 56.3 Å². The zero-order valence-corrected chi connectivity index (χ0v) is 28.6. The number of halogens is 3. The largest absolute Gasteiger partial charge is 0.460 e. The topological polar surface area (TPSA) is 124 Å². The number of hydrogen-bond acceptors (Lipinski definition) is 12. The van der Waals surface area contributed by atoms with Crippen LogP contribution in [0.15, 0.2) is 48.5 Å². The van der Waals surface area contributed by atoms with Crippen LogP contribution in [0, 0.1) is 0 Å². The molecule has 0 radical (unpaired) electrons. The van der Waals surface area contributed by atoms with E-state index in [2.05, 4.69) is 10.6 Å². The first kappa shape index (κ1) is 41.6. The highest BCUT2D eigenvalue weighted by Gasteiger charge is 2.30. The fraction of sp³-hybridized carbons (Fsp3) is 0.629. The van der Waals surface area contributed by atoms with Gasteiger partial charge < -0.3 is 53.3 Å². The number of carbonyl (C=O) groups is 1. The summed E-state index contributed by atoms with van der Waals surface area (Å²) in [6.45, 7) is 8.76. The van der Waals surface area contributed by atoms with Crippen molar-refractivity contribution in [1.29, 1.82) is 0 Å². The number of nitrogens with one attached hydrogen (secondary N) is 2. The van der Waals surface area contributed by atoms with E-state index in [1.54, 1.807) is 18.2 Å². The third-order valence-electron chi connectivity index (χ3n) is 7.18. The molecule has 1 aliphatic heterocycles. The van der Waals surface area contributed by atoms with Crippen LogP contribution in [-0.2, 0) is 48.8 Å². The summed E-state index contributed by atoms with van der Waals surface area (Å²) < 4.78 is 88.5. The average Bonchev–Trinajstić information content (AvgIpc) is 3.12. The van der Waals surface area contributed by atoms with Crippen molar-refractivity contribution >= 4 is 17.3 Å². The second kappa shape index (κ2) is 26.0. The van der Waals surface area contributed by atoms with Crippen LogP contribution in [0.3, 0.4) is 0 Å². The zero-order chi connectivity index (χ0) is 35.5. The van der Waals surface area contributed by atoms with Gasteiger partial charge in [0.25, 0.3) is 0 Å². The van der Waals surface area contributed by atoms with Crippen molar-refractivity contribution in [2.75, 3.05) is 124 Å². The molecule has 0 aromatic heterocycles. The second-order valence-electron chi connectivity index (χ2n) is 11.0. The highest BCUT2D eigenvalue weighted by atomic mass is 19.4. The SMILES string of the molecule is O=C(OCCOCCOCCOCCOCCOCCOCCOCCOC1CCNCC1)c1ccccc1Nc1cccc(C(F)(F)F)c1. The summed E-state index contributed by atoms with van der Waals surface area (Å²) in [7, 11) is 0. The van der Waals surface area contributed by atoms with Crippen LogP contribution < -0.4 is 10.6 Å². The predicted molar refractivity (Wildman–Crippen MR) is 179 cm³/mol. The molecule has 15 heteroatoms. The van der Waals surface area contributed by atoms with Gasteiger partial charge in [-0.25, -0.2) is 4.79 Å². The molecule has 0 amide bonds. The van der Waals surface area contributed by atoms with Crippen LogP contribution in [-0.4, -0.2) is 131 Å². The van der Waals surface area contributed by atoms with Gasteiger partial charge in [-0.1, -0.05) is 18.2 Å². The molecule has 0 aliphatic carbocycles. The number of piperidine rings is 1. The summed E-state index contributed by atoms with van der Waals surface area (Å²) in [6, 6.07) is 11.2. The normalized spacial score (nSPS) is 13.8. The molecule has 0 saturated carbocycles. The van der Waals surface area contributed by atoms with Crippen molar-refractivity contribution in [3.8, 4) is 0 Å². The van der Waals surface area contributed by atoms with Gasteiger partial charge in [-0.3, -0.25) is 0 Å². The molecule has 0 spiro atoms. The number of carbonyl (C=O) groups excluding carboxylic acids is 1. The molecule has 0 atom stereocenters. The van der Waals surface area contributed by atoms with Gasteiger partial charge in [-0.2, -0.15) is 13.2 Å². The van der Waals surface area contributed by atoms with Crippen LogP contribution in [0.25, 0.3) is 0 Å². The smallest absolute Gasteiger partial charge is 0.416 e. The molecular weight excluding hydrogens is 665 g/mol. The molecule has 2 aromatic carbocycles. The van der Waals surface area contributed by atoms with E-state index in [-0.39, 0.29) is 24.5 Å². The zero-order valence-electron chi connectivity index (χ0n) is 28.6. The summed E-state index contributed by atoms with van der Waals surface area (Å²) in [5, 5.41) is 6.17. The summed E-state index contributed by atoms with van der Waals surface area (Å²) in [4.78, 5) is 12.6. The molecule has 3 rings (SSSR count). The number of rotatable bonds is 28. The minimum absolute atomic E-state index is 0.00354. The van der Waals surface area contributed by atoms with Crippen molar-refractivity contribution in [2.24, 2.45) is 0 Å². The van der Waals surface area contributed by atoms with Crippen molar-refractivity contribution in [3.63, 3.8) is 0 Å². The maximum atomic E-state index is 13.0. The summed E-state index contributed by atoms with van der Waals surface area (Å²) in [5.41, 5.74) is -0.0770. The molecular formula is C35H51F3N2O10. The van der Waals surface area contributed by atoms with Crippen molar-refractivity contribution in [3.05, 3.63) is 59.7 Å². The molecule has 2 N–H and O–H groups in total. The predicted octanol–water partition coefficient (Wildman–Crippen LogP) is 4.49. The standard InChI is InChI=1S/C35H51F3N2O10/c36-35(37,38)29-4-3-5-30(28-29)40-33-7-2-1-6-32(33)34(41)50-27-25-48-23-21-46-19-17-44-15-13-42-12-14-43-16-18-45-20-22-47-24-26-49-31-8-10-39-11-9-31/h1-7,28,31,39-40H,8-27H2.